The van der Waals surface area contributed by atoms with E-state index in [0.29, 0.717) is 0 Å². The van der Waals surface area contributed by atoms with Crippen molar-refractivity contribution < 1.29 is 8.85 Å². The lowest BCUT2D eigenvalue weighted by atomic mass is 10.2. The van der Waals surface area contributed by atoms with Crippen LogP contribution in [0.15, 0.2) is 30.3 Å². The smallest absolute Gasteiger partial charge is 0.321 e. The lowest BCUT2D eigenvalue weighted by Gasteiger charge is -2.15. The minimum absolute atomic E-state index is 0.765. The van der Waals surface area contributed by atoms with Crippen LogP contribution in [0, 0.1) is 5.92 Å². The van der Waals surface area contributed by atoms with Crippen LogP contribution < -0.4 is 5.73 Å². The van der Waals surface area contributed by atoms with Crippen LogP contribution >= 0.6 is 0 Å². The maximum atomic E-state index is 5.55. The molecule has 3 nitrogen and oxygen atoms in total. The Hall–Kier alpha value is -0.843. The molecule has 0 radical (unpaired) electrons. The molecule has 0 heterocycles. The molecule has 0 unspecified atom stereocenters. The predicted octanol–water partition coefficient (Wildman–Crippen LogP) is 3.59. The summed E-state index contributed by atoms with van der Waals surface area (Å²) in [7, 11) is -1.29. The second kappa shape index (κ2) is 12.2. The van der Waals surface area contributed by atoms with Crippen LogP contribution in [-0.2, 0) is 8.85 Å². The Morgan fingerprint density at radius 3 is 1.89 bits per heavy atom. The standard InChI is InChI=1S/C9H22O2Si.C6H7N/c1-5-10-12(11-6-2)8-7-9(3)4;7-6-4-2-1-3-5-6/h9,12H,5-8H2,1-4H3;1-5H,7H2. The Labute approximate surface area is 120 Å². The highest BCUT2D eigenvalue weighted by molar-refractivity contribution is 6.44. The Morgan fingerprint density at radius 2 is 1.58 bits per heavy atom. The van der Waals surface area contributed by atoms with E-state index in [1.807, 2.05) is 44.2 Å². The lowest BCUT2D eigenvalue weighted by molar-refractivity contribution is 0.211. The molecule has 0 aliphatic heterocycles. The summed E-state index contributed by atoms with van der Waals surface area (Å²) in [6.07, 6.45) is 1.23. The van der Waals surface area contributed by atoms with E-state index >= 15 is 0 Å². The van der Waals surface area contributed by atoms with Crippen molar-refractivity contribution in [3.05, 3.63) is 30.3 Å². The first-order valence-electron chi connectivity index (χ1n) is 7.13. The molecule has 19 heavy (non-hydrogen) atoms. The summed E-state index contributed by atoms with van der Waals surface area (Å²) in [4.78, 5) is 0. The van der Waals surface area contributed by atoms with Crippen LogP contribution in [0.4, 0.5) is 5.69 Å². The number of hydrogen-bond donors (Lipinski definition) is 1. The molecule has 4 heteroatoms. The third-order valence-electron chi connectivity index (χ3n) is 2.48. The fourth-order valence-electron chi connectivity index (χ4n) is 1.51. The van der Waals surface area contributed by atoms with E-state index in [-0.39, 0.29) is 0 Å². The fourth-order valence-corrected chi connectivity index (χ4v) is 3.62. The third-order valence-corrected chi connectivity index (χ3v) is 4.70. The average molecular weight is 283 g/mol. The van der Waals surface area contributed by atoms with E-state index in [4.69, 9.17) is 14.6 Å². The highest BCUT2D eigenvalue weighted by Gasteiger charge is 2.11. The lowest BCUT2D eigenvalue weighted by Crippen LogP contribution is -2.23. The maximum Gasteiger partial charge on any atom is 0.321 e. The Bertz CT molecular complexity index is 287. The zero-order chi connectivity index (χ0) is 14.5. The molecule has 0 atom stereocenters. The van der Waals surface area contributed by atoms with Gasteiger partial charge in [0.05, 0.1) is 0 Å². The second-order valence-corrected chi connectivity index (χ2v) is 6.83. The van der Waals surface area contributed by atoms with Crippen molar-refractivity contribution in [2.24, 2.45) is 5.92 Å². The first-order valence-corrected chi connectivity index (χ1v) is 8.89. The van der Waals surface area contributed by atoms with Crippen molar-refractivity contribution in [3.63, 3.8) is 0 Å². The summed E-state index contributed by atoms with van der Waals surface area (Å²) in [6, 6.07) is 10.6. The van der Waals surface area contributed by atoms with Crippen molar-refractivity contribution in [2.75, 3.05) is 18.9 Å². The molecule has 2 N–H and O–H groups in total. The Kier molecular flexibility index (Phi) is 11.7. The second-order valence-electron chi connectivity index (χ2n) is 4.72. The normalized spacial score (nSPS) is 10.4. The van der Waals surface area contributed by atoms with E-state index < -0.39 is 9.28 Å². The minimum atomic E-state index is -1.29. The van der Waals surface area contributed by atoms with Crippen molar-refractivity contribution >= 4 is 15.0 Å². The fraction of sp³-hybridized carbons (Fsp3) is 0.600. The molecule has 0 saturated carbocycles. The van der Waals surface area contributed by atoms with Crippen molar-refractivity contribution in [2.45, 2.75) is 40.2 Å². The molecule has 0 bridgehead atoms. The van der Waals surface area contributed by atoms with Crippen molar-refractivity contribution in [3.8, 4) is 0 Å². The summed E-state index contributed by atoms with van der Waals surface area (Å²) in [5.41, 5.74) is 6.18. The quantitative estimate of drug-likeness (QED) is 0.614. The van der Waals surface area contributed by atoms with Gasteiger partial charge in [-0.1, -0.05) is 32.0 Å². The number of hydrogen-bond acceptors (Lipinski definition) is 3. The zero-order valence-corrected chi connectivity index (χ0v) is 13.9. The highest BCUT2D eigenvalue weighted by atomic mass is 28.3. The van der Waals surface area contributed by atoms with E-state index in [0.717, 1.165) is 30.9 Å². The highest BCUT2D eigenvalue weighted by Crippen LogP contribution is 2.08. The van der Waals surface area contributed by atoms with Gasteiger partial charge in [-0.15, -0.1) is 0 Å². The number of nitrogens with two attached hydrogens (primary N) is 1. The van der Waals surface area contributed by atoms with Gasteiger partial charge < -0.3 is 14.6 Å². The minimum Gasteiger partial charge on any atom is -0.399 e. The first kappa shape index (κ1) is 18.2. The van der Waals surface area contributed by atoms with E-state index in [1.54, 1.807) is 0 Å². The molecule has 0 saturated heterocycles. The van der Waals surface area contributed by atoms with Crippen LogP contribution in [0.25, 0.3) is 0 Å². The van der Waals surface area contributed by atoms with Gasteiger partial charge in [0.15, 0.2) is 0 Å². The van der Waals surface area contributed by atoms with Gasteiger partial charge in [-0.2, -0.15) is 0 Å². The topological polar surface area (TPSA) is 44.5 Å². The number of benzene rings is 1. The van der Waals surface area contributed by atoms with Gasteiger partial charge in [-0.3, -0.25) is 0 Å². The van der Waals surface area contributed by atoms with Crippen LogP contribution in [0.1, 0.15) is 34.1 Å². The summed E-state index contributed by atoms with van der Waals surface area (Å²) in [6.45, 7) is 10.2. The molecule has 0 amide bonds. The summed E-state index contributed by atoms with van der Waals surface area (Å²) < 4.78 is 11.1. The van der Waals surface area contributed by atoms with Crippen molar-refractivity contribution in [1.82, 2.24) is 0 Å². The number of para-hydroxylation sites is 1. The number of nitrogen functional groups attached to an aromatic ring is 1. The maximum absolute atomic E-state index is 5.55. The molecular weight excluding hydrogens is 254 g/mol. The molecule has 0 fully saturated rings. The van der Waals surface area contributed by atoms with Gasteiger partial charge in [0, 0.05) is 18.9 Å². The van der Waals surface area contributed by atoms with Gasteiger partial charge in [0.25, 0.3) is 0 Å². The first-order chi connectivity index (χ1) is 9.10. The molecule has 110 valence electrons. The Morgan fingerprint density at radius 1 is 1.05 bits per heavy atom. The largest absolute Gasteiger partial charge is 0.399 e. The predicted molar refractivity (Wildman–Crippen MR) is 85.5 cm³/mol. The molecule has 0 aliphatic carbocycles. The van der Waals surface area contributed by atoms with Crippen LogP contribution in [0.5, 0.6) is 0 Å². The summed E-state index contributed by atoms with van der Waals surface area (Å²) >= 11 is 0. The summed E-state index contributed by atoms with van der Waals surface area (Å²) in [5, 5.41) is 0. The molecule has 0 aromatic heterocycles. The molecule has 1 aromatic rings. The van der Waals surface area contributed by atoms with E-state index in [1.165, 1.54) is 6.42 Å². The van der Waals surface area contributed by atoms with Crippen molar-refractivity contribution in [1.29, 1.82) is 0 Å². The van der Waals surface area contributed by atoms with Gasteiger partial charge in [0.2, 0.25) is 0 Å². The van der Waals surface area contributed by atoms with Gasteiger partial charge in [-0.05, 0) is 44.4 Å². The molecule has 1 rings (SSSR count). The van der Waals surface area contributed by atoms with Crippen LogP contribution in [0.3, 0.4) is 0 Å². The average Bonchev–Trinajstić information content (AvgIpc) is 2.38. The van der Waals surface area contributed by atoms with E-state index in [9.17, 15) is 0 Å². The van der Waals surface area contributed by atoms with Crippen LogP contribution in [-0.4, -0.2) is 22.5 Å². The molecule has 0 spiro atoms. The van der Waals surface area contributed by atoms with Gasteiger partial charge in [0.1, 0.15) is 0 Å². The third kappa shape index (κ3) is 12.0. The monoisotopic (exact) mass is 283 g/mol. The molecule has 1 aromatic carbocycles. The number of anilines is 1. The molecule has 0 aliphatic rings. The van der Waals surface area contributed by atoms with Gasteiger partial charge in [-0.25, -0.2) is 0 Å². The summed E-state index contributed by atoms with van der Waals surface area (Å²) in [5.74, 6) is 0.765. The SMILES string of the molecule is CCO[SiH](CCC(C)C)OCC.Nc1ccccc1. The van der Waals surface area contributed by atoms with Crippen LogP contribution in [0.2, 0.25) is 6.04 Å². The number of rotatable bonds is 7. The van der Waals surface area contributed by atoms with Gasteiger partial charge >= 0.3 is 9.28 Å². The Balaban J connectivity index is 0.000000388. The zero-order valence-electron chi connectivity index (χ0n) is 12.8. The van der Waals surface area contributed by atoms with E-state index in [2.05, 4.69) is 13.8 Å². The molecular formula is C15H29NO2Si.